The fourth-order valence-electron chi connectivity index (χ4n) is 5.46. The van der Waals surface area contributed by atoms with Crippen molar-refractivity contribution in [3.05, 3.63) is 12.2 Å². The molecule has 2 aliphatic rings. The summed E-state index contributed by atoms with van der Waals surface area (Å²) in [7, 11) is 0. The Morgan fingerprint density at radius 3 is 2.35 bits per heavy atom. The molecule has 2 heteroatoms. The van der Waals surface area contributed by atoms with Gasteiger partial charge in [0.25, 0.3) is 0 Å². The first-order valence-electron chi connectivity index (χ1n) is 11.7. The molecule has 0 amide bonds. The number of rotatable bonds is 12. The molecule has 26 heavy (non-hydrogen) atoms. The second kappa shape index (κ2) is 11.5. The van der Waals surface area contributed by atoms with Crippen molar-refractivity contribution in [3.63, 3.8) is 0 Å². The van der Waals surface area contributed by atoms with Gasteiger partial charge < -0.3 is 10.2 Å². The van der Waals surface area contributed by atoms with E-state index < -0.39 is 0 Å². The minimum absolute atomic E-state index is 0.131. The van der Waals surface area contributed by atoms with Gasteiger partial charge in [-0.15, -0.1) is 0 Å². The number of aliphatic hydroxyl groups is 2. The molecule has 0 bridgehead atoms. The molecule has 2 N–H and O–H groups in total. The van der Waals surface area contributed by atoms with E-state index in [4.69, 9.17) is 0 Å². The normalized spacial score (nSPS) is 29.6. The minimum atomic E-state index is -0.292. The lowest BCUT2D eigenvalue weighted by Gasteiger charge is -2.33. The van der Waals surface area contributed by atoms with Crippen molar-refractivity contribution in [2.75, 3.05) is 0 Å². The van der Waals surface area contributed by atoms with Crippen LogP contribution < -0.4 is 0 Å². The molecule has 2 saturated carbocycles. The zero-order valence-electron chi connectivity index (χ0n) is 17.5. The molecule has 2 rings (SSSR count). The molecule has 4 atom stereocenters. The van der Waals surface area contributed by atoms with Gasteiger partial charge in [0.2, 0.25) is 0 Å². The fraction of sp³-hybridized carbons (Fsp3) is 0.917. The van der Waals surface area contributed by atoms with Gasteiger partial charge >= 0.3 is 0 Å². The first-order valence-corrected chi connectivity index (χ1v) is 11.7. The highest BCUT2D eigenvalue weighted by molar-refractivity contribution is 5.06. The molecule has 0 spiro atoms. The number of aliphatic hydroxyl groups excluding tert-OH is 2. The molecule has 0 aromatic rings. The molecule has 152 valence electrons. The highest BCUT2D eigenvalue weighted by atomic mass is 16.3. The van der Waals surface area contributed by atoms with Crippen LogP contribution in [0.2, 0.25) is 0 Å². The monoisotopic (exact) mass is 364 g/mol. The van der Waals surface area contributed by atoms with Crippen LogP contribution in [0, 0.1) is 17.3 Å². The summed E-state index contributed by atoms with van der Waals surface area (Å²) in [4.78, 5) is 0. The zero-order valence-corrected chi connectivity index (χ0v) is 17.5. The van der Waals surface area contributed by atoms with E-state index in [0.29, 0.717) is 11.8 Å². The Bertz CT molecular complexity index is 397. The average Bonchev–Trinajstić information content (AvgIpc) is 3.26. The van der Waals surface area contributed by atoms with Gasteiger partial charge in [0, 0.05) is 0 Å². The van der Waals surface area contributed by atoms with E-state index in [2.05, 4.69) is 26.0 Å². The van der Waals surface area contributed by atoms with Crippen molar-refractivity contribution in [1.29, 1.82) is 0 Å². The first kappa shape index (κ1) is 22.0. The van der Waals surface area contributed by atoms with Gasteiger partial charge in [-0.1, -0.05) is 83.8 Å². The molecule has 2 aliphatic carbocycles. The molecule has 0 aromatic heterocycles. The molecule has 0 radical (unpaired) electrons. The number of unbranched alkanes of at least 4 members (excludes halogenated alkanes) is 5. The van der Waals surface area contributed by atoms with Crippen molar-refractivity contribution in [1.82, 2.24) is 0 Å². The summed E-state index contributed by atoms with van der Waals surface area (Å²) in [5.41, 5.74) is 0.138. The Kier molecular flexibility index (Phi) is 9.70. The van der Waals surface area contributed by atoms with E-state index in [1.54, 1.807) is 0 Å². The third-order valence-electron chi connectivity index (χ3n) is 7.28. The Hall–Kier alpha value is -0.340. The van der Waals surface area contributed by atoms with Gasteiger partial charge in [-0.25, -0.2) is 0 Å². The van der Waals surface area contributed by atoms with Crippen LogP contribution in [0.25, 0.3) is 0 Å². The van der Waals surface area contributed by atoms with Crippen molar-refractivity contribution in [2.24, 2.45) is 17.3 Å². The Balaban J connectivity index is 1.87. The minimum Gasteiger partial charge on any atom is -0.393 e. The molecular weight excluding hydrogens is 320 g/mol. The van der Waals surface area contributed by atoms with E-state index in [-0.39, 0.29) is 17.6 Å². The second-order valence-electron chi connectivity index (χ2n) is 9.18. The summed E-state index contributed by atoms with van der Waals surface area (Å²) >= 11 is 0. The van der Waals surface area contributed by atoms with Crippen molar-refractivity contribution < 1.29 is 10.2 Å². The van der Waals surface area contributed by atoms with Crippen LogP contribution in [0.4, 0.5) is 0 Å². The van der Waals surface area contributed by atoms with E-state index in [1.165, 1.54) is 77.0 Å². The predicted molar refractivity (Wildman–Crippen MR) is 111 cm³/mol. The van der Waals surface area contributed by atoms with Crippen LogP contribution in [-0.2, 0) is 0 Å². The van der Waals surface area contributed by atoms with E-state index in [1.807, 2.05) is 0 Å². The lowest BCUT2D eigenvalue weighted by Crippen LogP contribution is -2.31. The maximum atomic E-state index is 11.0. The van der Waals surface area contributed by atoms with Gasteiger partial charge in [-0.3, -0.25) is 0 Å². The Morgan fingerprint density at radius 2 is 1.65 bits per heavy atom. The Labute approximate surface area is 162 Å². The highest BCUT2D eigenvalue weighted by Crippen LogP contribution is 2.46. The molecule has 2 nitrogen and oxygen atoms in total. The molecule has 0 aromatic carbocycles. The quantitative estimate of drug-likeness (QED) is 0.310. The van der Waals surface area contributed by atoms with Gasteiger partial charge in [0.15, 0.2) is 0 Å². The summed E-state index contributed by atoms with van der Waals surface area (Å²) in [5, 5.41) is 21.4. The van der Waals surface area contributed by atoms with Gasteiger partial charge in [0.05, 0.1) is 12.2 Å². The molecule has 2 fully saturated rings. The van der Waals surface area contributed by atoms with Crippen LogP contribution in [-0.4, -0.2) is 22.4 Å². The molecular formula is C24H44O2. The first-order chi connectivity index (χ1) is 12.6. The third kappa shape index (κ3) is 6.09. The fourth-order valence-corrected chi connectivity index (χ4v) is 5.46. The lowest BCUT2D eigenvalue weighted by atomic mass is 9.75. The standard InChI is InChI=1S/C24H44O2/c1-3-5-7-8-9-12-21-20(13-15-22(21)25)14-16-23(26)24(17-6-4-2)18-10-11-19-24/h14,16,20-23,25-26H,3-13,15,17-19H2,1-2H3/t20-,21-,22+,23?/m1/s1. The summed E-state index contributed by atoms with van der Waals surface area (Å²) in [6.07, 6.45) is 22.2. The van der Waals surface area contributed by atoms with Crippen molar-refractivity contribution in [3.8, 4) is 0 Å². The van der Waals surface area contributed by atoms with Crippen molar-refractivity contribution in [2.45, 2.75) is 122 Å². The van der Waals surface area contributed by atoms with Crippen LogP contribution in [0.1, 0.15) is 110 Å². The maximum absolute atomic E-state index is 11.0. The van der Waals surface area contributed by atoms with Gasteiger partial charge in [-0.2, -0.15) is 0 Å². The predicted octanol–water partition coefficient (Wildman–Crippen LogP) is 6.40. The summed E-state index contributed by atoms with van der Waals surface area (Å²) < 4.78 is 0. The second-order valence-corrected chi connectivity index (χ2v) is 9.18. The molecule has 0 aliphatic heterocycles. The molecule has 0 saturated heterocycles. The van der Waals surface area contributed by atoms with E-state index >= 15 is 0 Å². The maximum Gasteiger partial charge on any atom is 0.0777 e. The van der Waals surface area contributed by atoms with E-state index in [9.17, 15) is 10.2 Å². The van der Waals surface area contributed by atoms with E-state index in [0.717, 1.165) is 19.3 Å². The number of hydrogen-bond acceptors (Lipinski definition) is 2. The van der Waals surface area contributed by atoms with Gasteiger partial charge in [0.1, 0.15) is 0 Å². The summed E-state index contributed by atoms with van der Waals surface area (Å²) in [6.45, 7) is 4.50. The highest BCUT2D eigenvalue weighted by Gasteiger charge is 2.39. The summed E-state index contributed by atoms with van der Waals surface area (Å²) in [5.74, 6) is 0.880. The van der Waals surface area contributed by atoms with Crippen LogP contribution in [0.3, 0.4) is 0 Å². The molecule has 0 heterocycles. The smallest absolute Gasteiger partial charge is 0.0777 e. The number of hydrogen-bond donors (Lipinski definition) is 2. The third-order valence-corrected chi connectivity index (χ3v) is 7.28. The average molecular weight is 365 g/mol. The summed E-state index contributed by atoms with van der Waals surface area (Å²) in [6, 6.07) is 0. The zero-order chi connectivity index (χ0) is 18.8. The molecule has 1 unspecified atom stereocenters. The van der Waals surface area contributed by atoms with Gasteiger partial charge in [-0.05, 0) is 55.8 Å². The van der Waals surface area contributed by atoms with Crippen LogP contribution in [0.15, 0.2) is 12.2 Å². The van der Waals surface area contributed by atoms with Crippen LogP contribution in [0.5, 0.6) is 0 Å². The topological polar surface area (TPSA) is 40.5 Å². The number of allylic oxidation sites excluding steroid dienone is 1. The van der Waals surface area contributed by atoms with Crippen molar-refractivity contribution >= 4 is 0 Å². The van der Waals surface area contributed by atoms with Crippen LogP contribution >= 0.6 is 0 Å². The largest absolute Gasteiger partial charge is 0.393 e. The Morgan fingerprint density at radius 1 is 0.962 bits per heavy atom. The lowest BCUT2D eigenvalue weighted by molar-refractivity contribution is 0.0557. The SMILES string of the molecule is CCCCCCC[C@H]1[C@@H](O)CC[C@@H]1C=CC(O)C1(CCCC)CCCC1.